The molecular weight excluding hydrogens is 414 g/mol. The van der Waals surface area contributed by atoms with Gasteiger partial charge in [-0.1, -0.05) is 23.9 Å². The van der Waals surface area contributed by atoms with Gasteiger partial charge in [0, 0.05) is 27.1 Å². The first-order valence-electron chi connectivity index (χ1n) is 8.69. The molecule has 1 fully saturated rings. The lowest BCUT2D eigenvalue weighted by Crippen LogP contribution is -2.14. The number of aliphatic imine (C=N–C) groups is 1. The van der Waals surface area contributed by atoms with Crippen molar-refractivity contribution in [2.24, 2.45) is 4.99 Å². The lowest BCUT2D eigenvalue weighted by molar-refractivity contribution is 0.102. The van der Waals surface area contributed by atoms with E-state index in [9.17, 15) is 13.2 Å². The van der Waals surface area contributed by atoms with E-state index in [1.54, 1.807) is 30.0 Å². The minimum atomic E-state index is -2.96. The first-order valence-corrected chi connectivity index (χ1v) is 12.6. The number of nitrogens with zero attached hydrogens (tertiary/aromatic N) is 1. The van der Waals surface area contributed by atoms with Gasteiger partial charge in [0.05, 0.1) is 17.5 Å². The molecule has 2 unspecified atom stereocenters. The number of thioether (sulfide) groups is 2. The Kier molecular flexibility index (Phi) is 5.39. The summed E-state index contributed by atoms with van der Waals surface area (Å²) < 4.78 is 23.3. The Hall–Kier alpha value is -1.97. The van der Waals surface area contributed by atoms with Gasteiger partial charge in [-0.15, -0.1) is 11.8 Å². The van der Waals surface area contributed by atoms with E-state index in [-0.39, 0.29) is 28.7 Å². The Labute approximate surface area is 172 Å². The molecule has 0 radical (unpaired) electrons. The van der Waals surface area contributed by atoms with Gasteiger partial charge in [-0.05, 0) is 42.7 Å². The Morgan fingerprint density at radius 1 is 1.14 bits per heavy atom. The Morgan fingerprint density at radius 2 is 1.93 bits per heavy atom. The second-order valence-corrected chi connectivity index (χ2v) is 10.9. The second kappa shape index (κ2) is 7.81. The molecule has 0 saturated carbocycles. The number of amides is 1. The zero-order valence-corrected chi connectivity index (χ0v) is 17.5. The molecule has 0 aliphatic carbocycles. The molecule has 2 N–H and O–H groups in total. The summed E-state index contributed by atoms with van der Waals surface area (Å²) >= 11 is 3.07. The van der Waals surface area contributed by atoms with E-state index in [0.29, 0.717) is 10.7 Å². The molecule has 1 amide bonds. The molecule has 2 heterocycles. The van der Waals surface area contributed by atoms with Crippen molar-refractivity contribution in [2.75, 3.05) is 28.4 Å². The van der Waals surface area contributed by atoms with Gasteiger partial charge < -0.3 is 10.6 Å². The molecule has 1 saturated heterocycles. The minimum Gasteiger partial charge on any atom is -0.335 e. The van der Waals surface area contributed by atoms with Crippen LogP contribution in [-0.4, -0.2) is 48.5 Å². The molecule has 9 heteroatoms. The van der Waals surface area contributed by atoms with Crippen molar-refractivity contribution >= 4 is 55.8 Å². The highest BCUT2D eigenvalue weighted by Crippen LogP contribution is 2.34. The van der Waals surface area contributed by atoms with E-state index in [1.165, 1.54) is 11.8 Å². The molecule has 4 rings (SSSR count). The molecule has 2 aliphatic rings. The summed E-state index contributed by atoms with van der Waals surface area (Å²) in [6.07, 6.45) is 1.99. The van der Waals surface area contributed by atoms with Gasteiger partial charge in [-0.25, -0.2) is 8.42 Å². The monoisotopic (exact) mass is 433 g/mol. The lowest BCUT2D eigenvalue weighted by Gasteiger charge is -2.10. The number of carbonyl (C=O) groups excluding carboxylic acids is 1. The number of fused-ring (bicyclic) bond motifs is 1. The number of benzene rings is 2. The highest BCUT2D eigenvalue weighted by molar-refractivity contribution is 8.15. The summed E-state index contributed by atoms with van der Waals surface area (Å²) in [5, 5.41) is 6.81. The molecule has 0 aromatic heterocycles. The van der Waals surface area contributed by atoms with Gasteiger partial charge in [0.25, 0.3) is 5.91 Å². The summed E-state index contributed by atoms with van der Waals surface area (Å²) in [5.41, 5.74) is 2.03. The summed E-state index contributed by atoms with van der Waals surface area (Å²) in [4.78, 5) is 18.2. The molecule has 0 spiro atoms. The van der Waals surface area contributed by atoms with Gasteiger partial charge in [-0.3, -0.25) is 9.79 Å². The van der Waals surface area contributed by atoms with Crippen LogP contribution in [0.15, 0.2) is 58.4 Å². The SMILES string of the molecule is CSc1cccc(NC(=O)c2cccc(NC3=NC4CS(=O)(=O)CC4S3)c2)c1. The predicted molar refractivity (Wildman–Crippen MR) is 117 cm³/mol. The molecule has 28 heavy (non-hydrogen) atoms. The van der Waals surface area contributed by atoms with Crippen molar-refractivity contribution in [3.05, 3.63) is 54.1 Å². The fourth-order valence-electron chi connectivity index (χ4n) is 3.18. The molecular formula is C19H19N3O3S3. The smallest absolute Gasteiger partial charge is 0.255 e. The van der Waals surface area contributed by atoms with E-state index in [4.69, 9.17) is 0 Å². The Bertz CT molecular complexity index is 1050. The molecule has 0 bridgehead atoms. The molecule has 2 aromatic carbocycles. The zero-order valence-electron chi connectivity index (χ0n) is 15.1. The van der Waals surface area contributed by atoms with Crippen LogP contribution >= 0.6 is 23.5 Å². The van der Waals surface area contributed by atoms with Crippen molar-refractivity contribution in [2.45, 2.75) is 16.2 Å². The number of anilines is 2. The van der Waals surface area contributed by atoms with Crippen LogP contribution in [-0.2, 0) is 9.84 Å². The number of nitrogens with one attached hydrogen (secondary N) is 2. The number of amidine groups is 1. The van der Waals surface area contributed by atoms with E-state index >= 15 is 0 Å². The van der Waals surface area contributed by atoms with Crippen molar-refractivity contribution in [3.8, 4) is 0 Å². The van der Waals surface area contributed by atoms with Gasteiger partial charge >= 0.3 is 0 Å². The normalized spacial score (nSPS) is 22.4. The van der Waals surface area contributed by atoms with Crippen molar-refractivity contribution < 1.29 is 13.2 Å². The van der Waals surface area contributed by atoms with Crippen LogP contribution in [0.1, 0.15) is 10.4 Å². The quantitative estimate of drug-likeness (QED) is 0.719. The van der Waals surface area contributed by atoms with Crippen molar-refractivity contribution in [1.29, 1.82) is 0 Å². The third-order valence-electron chi connectivity index (χ3n) is 4.52. The van der Waals surface area contributed by atoms with Crippen LogP contribution in [0.5, 0.6) is 0 Å². The van der Waals surface area contributed by atoms with E-state index in [0.717, 1.165) is 16.3 Å². The number of carbonyl (C=O) groups is 1. The van der Waals surface area contributed by atoms with Crippen LogP contribution in [0.4, 0.5) is 11.4 Å². The highest BCUT2D eigenvalue weighted by Gasteiger charge is 2.42. The maximum Gasteiger partial charge on any atom is 0.255 e. The van der Waals surface area contributed by atoms with Crippen LogP contribution in [0.3, 0.4) is 0 Å². The molecule has 2 aliphatic heterocycles. The zero-order chi connectivity index (χ0) is 19.7. The Balaban J connectivity index is 1.44. The van der Waals surface area contributed by atoms with E-state index in [2.05, 4.69) is 15.6 Å². The first-order chi connectivity index (χ1) is 13.4. The first kappa shape index (κ1) is 19.4. The topological polar surface area (TPSA) is 87.6 Å². The highest BCUT2D eigenvalue weighted by atomic mass is 32.2. The average Bonchev–Trinajstić information content (AvgIpc) is 3.14. The van der Waals surface area contributed by atoms with Crippen LogP contribution in [0.25, 0.3) is 0 Å². The molecule has 146 valence electrons. The van der Waals surface area contributed by atoms with Gasteiger partial charge in [-0.2, -0.15) is 0 Å². The van der Waals surface area contributed by atoms with E-state index < -0.39 is 9.84 Å². The van der Waals surface area contributed by atoms with Gasteiger partial charge in [0.1, 0.15) is 0 Å². The number of rotatable bonds is 4. The average molecular weight is 434 g/mol. The maximum absolute atomic E-state index is 12.6. The van der Waals surface area contributed by atoms with Crippen LogP contribution in [0, 0.1) is 0 Å². The molecule has 2 aromatic rings. The van der Waals surface area contributed by atoms with Crippen LogP contribution < -0.4 is 10.6 Å². The third kappa shape index (κ3) is 4.37. The summed E-state index contributed by atoms with van der Waals surface area (Å²) in [7, 11) is -2.96. The Morgan fingerprint density at radius 3 is 2.71 bits per heavy atom. The fraction of sp³-hybridized carbons (Fsp3) is 0.263. The van der Waals surface area contributed by atoms with Crippen LogP contribution in [0.2, 0.25) is 0 Å². The predicted octanol–water partition coefficient (Wildman–Crippen LogP) is 3.34. The van der Waals surface area contributed by atoms with E-state index in [1.807, 2.05) is 36.6 Å². The number of hydrogen-bond donors (Lipinski definition) is 2. The second-order valence-electron chi connectivity index (χ2n) is 6.63. The number of sulfone groups is 1. The van der Waals surface area contributed by atoms with Crippen molar-refractivity contribution in [3.63, 3.8) is 0 Å². The lowest BCUT2D eigenvalue weighted by atomic mass is 10.2. The largest absolute Gasteiger partial charge is 0.335 e. The third-order valence-corrected chi connectivity index (χ3v) is 8.39. The summed E-state index contributed by atoms with van der Waals surface area (Å²) in [6.45, 7) is 0. The van der Waals surface area contributed by atoms with Crippen molar-refractivity contribution in [1.82, 2.24) is 0 Å². The van der Waals surface area contributed by atoms with Gasteiger partial charge in [0.2, 0.25) is 0 Å². The maximum atomic E-state index is 12.6. The molecule has 6 nitrogen and oxygen atoms in total. The number of hydrogen-bond acceptors (Lipinski definition) is 7. The minimum absolute atomic E-state index is 0.0114. The van der Waals surface area contributed by atoms with Gasteiger partial charge in [0.15, 0.2) is 15.0 Å². The summed E-state index contributed by atoms with van der Waals surface area (Å²) in [6, 6.07) is 14.7. The summed E-state index contributed by atoms with van der Waals surface area (Å²) in [5.74, 6) is 0.105. The fourth-order valence-corrected chi connectivity index (χ4v) is 7.32. The standard InChI is InChI=1S/C19H19N3O3S3/c1-26-15-7-3-6-14(9-15)20-18(23)12-4-2-5-13(8-12)21-19-22-16-10-28(24,25)11-17(16)27-19/h2-9,16-17H,10-11H2,1H3,(H,20,23)(H,21,22). The molecule has 2 atom stereocenters.